The smallest absolute Gasteiger partial charge is 0.373 e. The van der Waals surface area contributed by atoms with Crippen LogP contribution in [0.3, 0.4) is 0 Å². The van der Waals surface area contributed by atoms with Gasteiger partial charge in [0, 0.05) is 0 Å². The highest BCUT2D eigenvalue weighted by molar-refractivity contribution is 5.76. The number of carbonyl (C=O) groups excluding carboxylic acids is 3. The molecule has 2 fully saturated rings. The molecule has 0 radical (unpaired) electrons. The van der Waals surface area contributed by atoms with E-state index in [0.717, 1.165) is 19.4 Å². The topological polar surface area (TPSA) is 73.0 Å². The maximum Gasteiger partial charge on any atom is 0.373 e. The molecule has 5 heteroatoms. The number of rotatable bonds is 1. The summed E-state index contributed by atoms with van der Waals surface area (Å²) in [5.74, 6) is 1.37. The first-order valence-corrected chi connectivity index (χ1v) is 7.02. The molecule has 0 N–H and O–H groups in total. The average molecular weight is 280 g/mol. The Labute approximate surface area is 118 Å². The van der Waals surface area contributed by atoms with Crippen LogP contribution in [-0.4, -0.2) is 30.9 Å². The van der Waals surface area contributed by atoms with Gasteiger partial charge in [0.25, 0.3) is 0 Å². The molecule has 0 bridgehead atoms. The Morgan fingerprint density at radius 3 is 2.60 bits per heavy atom. The van der Waals surface area contributed by atoms with Crippen LogP contribution in [0.1, 0.15) is 26.7 Å². The molecule has 3 rings (SSSR count). The SMILES string of the molecule is CC(C)[C@H]1CC[C@@]2(CO2)[C@H]2C(=O)OCC=C[C@H]12.O=C=O. The lowest BCUT2D eigenvalue weighted by Gasteiger charge is -2.40. The molecule has 110 valence electrons. The summed E-state index contributed by atoms with van der Waals surface area (Å²) in [5.41, 5.74) is -0.179. The third-order valence-electron chi connectivity index (χ3n) is 4.65. The van der Waals surface area contributed by atoms with E-state index >= 15 is 0 Å². The van der Waals surface area contributed by atoms with Gasteiger partial charge in [-0.2, -0.15) is 9.59 Å². The average Bonchev–Trinajstić information content (AvgIpc) is 3.16. The van der Waals surface area contributed by atoms with Gasteiger partial charge in [0.1, 0.15) is 12.2 Å². The Kier molecular flexibility index (Phi) is 4.41. The Balaban J connectivity index is 0.000000452. The Morgan fingerprint density at radius 1 is 1.40 bits per heavy atom. The van der Waals surface area contributed by atoms with Crippen molar-refractivity contribution < 1.29 is 23.9 Å². The second-order valence-corrected chi connectivity index (χ2v) is 6.00. The lowest BCUT2D eigenvalue weighted by molar-refractivity contribution is -0.191. The minimum Gasteiger partial charge on any atom is -0.461 e. The molecule has 0 aromatic rings. The monoisotopic (exact) mass is 280 g/mol. The summed E-state index contributed by atoms with van der Waals surface area (Å²) < 4.78 is 10.9. The predicted molar refractivity (Wildman–Crippen MR) is 68.3 cm³/mol. The molecule has 20 heavy (non-hydrogen) atoms. The molecule has 0 aromatic carbocycles. The van der Waals surface area contributed by atoms with Gasteiger partial charge in [-0.05, 0) is 30.6 Å². The molecule has 1 saturated carbocycles. The third-order valence-corrected chi connectivity index (χ3v) is 4.65. The first-order valence-electron chi connectivity index (χ1n) is 7.02. The Hall–Kier alpha value is -1.45. The minimum absolute atomic E-state index is 0.0529. The summed E-state index contributed by atoms with van der Waals surface area (Å²) in [6, 6.07) is 0. The van der Waals surface area contributed by atoms with Crippen LogP contribution in [0, 0.1) is 23.7 Å². The summed E-state index contributed by atoms with van der Waals surface area (Å²) in [6.45, 7) is 5.66. The fourth-order valence-corrected chi connectivity index (χ4v) is 3.61. The van der Waals surface area contributed by atoms with Gasteiger partial charge in [0.15, 0.2) is 0 Å². The van der Waals surface area contributed by atoms with E-state index < -0.39 is 0 Å². The van der Waals surface area contributed by atoms with Crippen LogP contribution in [0.15, 0.2) is 12.2 Å². The molecule has 5 nitrogen and oxygen atoms in total. The fourth-order valence-electron chi connectivity index (χ4n) is 3.61. The molecule has 1 spiro atoms. The molecule has 1 aliphatic carbocycles. The number of epoxide rings is 1. The minimum atomic E-state index is -0.179. The number of esters is 1. The van der Waals surface area contributed by atoms with Crippen molar-refractivity contribution in [3.63, 3.8) is 0 Å². The lowest BCUT2D eigenvalue weighted by atomic mass is 9.63. The summed E-state index contributed by atoms with van der Waals surface area (Å²) in [7, 11) is 0. The molecule has 0 unspecified atom stereocenters. The maximum absolute atomic E-state index is 12.1. The number of allylic oxidation sites excluding steroid dienone is 1. The number of cyclic esters (lactones) is 1. The van der Waals surface area contributed by atoms with Crippen molar-refractivity contribution in [3.8, 4) is 0 Å². The van der Waals surface area contributed by atoms with Crippen molar-refractivity contribution in [1.29, 1.82) is 0 Å². The maximum atomic E-state index is 12.1. The molecular weight excluding hydrogens is 260 g/mol. The van der Waals surface area contributed by atoms with E-state index in [2.05, 4.69) is 19.9 Å². The zero-order valence-corrected chi connectivity index (χ0v) is 11.8. The Morgan fingerprint density at radius 2 is 2.05 bits per heavy atom. The number of fused-ring (bicyclic) bond motifs is 2. The normalized spacial score (nSPS) is 38.1. The van der Waals surface area contributed by atoms with E-state index in [0.29, 0.717) is 24.4 Å². The number of hydrogen-bond donors (Lipinski definition) is 0. The zero-order chi connectivity index (χ0) is 14.8. The predicted octanol–water partition coefficient (Wildman–Crippen LogP) is 1.58. The lowest BCUT2D eigenvalue weighted by Crippen LogP contribution is -2.45. The molecule has 1 saturated heterocycles. The van der Waals surface area contributed by atoms with Crippen molar-refractivity contribution in [3.05, 3.63) is 12.2 Å². The third kappa shape index (κ3) is 2.69. The quantitative estimate of drug-likeness (QED) is 0.414. The fraction of sp³-hybridized carbons (Fsp3) is 0.733. The summed E-state index contributed by atoms with van der Waals surface area (Å²) >= 11 is 0. The largest absolute Gasteiger partial charge is 0.461 e. The van der Waals surface area contributed by atoms with Crippen LogP contribution >= 0.6 is 0 Å². The van der Waals surface area contributed by atoms with Crippen molar-refractivity contribution in [2.75, 3.05) is 13.2 Å². The molecule has 0 amide bonds. The van der Waals surface area contributed by atoms with Gasteiger partial charge >= 0.3 is 12.1 Å². The highest BCUT2D eigenvalue weighted by Crippen LogP contribution is 2.53. The van der Waals surface area contributed by atoms with E-state index in [1.165, 1.54) is 0 Å². The number of carbonyl (C=O) groups is 1. The van der Waals surface area contributed by atoms with Gasteiger partial charge < -0.3 is 9.47 Å². The zero-order valence-electron chi connectivity index (χ0n) is 11.8. The molecule has 2 heterocycles. The van der Waals surface area contributed by atoms with E-state index in [-0.39, 0.29) is 23.6 Å². The second kappa shape index (κ2) is 5.90. The van der Waals surface area contributed by atoms with E-state index in [1.54, 1.807) is 0 Å². The number of ether oxygens (including phenoxy) is 2. The van der Waals surface area contributed by atoms with Gasteiger partial charge in [-0.1, -0.05) is 26.0 Å². The van der Waals surface area contributed by atoms with Crippen molar-refractivity contribution in [2.24, 2.45) is 23.7 Å². The van der Waals surface area contributed by atoms with Crippen LogP contribution in [0.5, 0.6) is 0 Å². The number of hydrogen-bond acceptors (Lipinski definition) is 5. The van der Waals surface area contributed by atoms with Crippen LogP contribution in [0.4, 0.5) is 0 Å². The van der Waals surface area contributed by atoms with Gasteiger partial charge in [-0.15, -0.1) is 0 Å². The van der Waals surface area contributed by atoms with Crippen LogP contribution in [0.25, 0.3) is 0 Å². The molecule has 4 atom stereocenters. The van der Waals surface area contributed by atoms with Crippen LogP contribution in [-0.2, 0) is 23.9 Å². The standard InChI is InChI=1S/C14H20O3.CO2/c1-9(2)10-5-6-14(8-17-14)12-11(10)4-3-7-16-13(12)15;2-1-3/h3-4,9-12H,5-8H2,1-2H3;/t10-,11-,12-,14-;/m1./s1. The first-order chi connectivity index (χ1) is 9.55. The van der Waals surface area contributed by atoms with Crippen LogP contribution in [0.2, 0.25) is 0 Å². The van der Waals surface area contributed by atoms with Gasteiger partial charge in [-0.3, -0.25) is 4.79 Å². The first kappa shape index (κ1) is 14.9. The molecular formula is C15H20O5. The molecule has 2 aliphatic heterocycles. The van der Waals surface area contributed by atoms with Crippen molar-refractivity contribution in [1.82, 2.24) is 0 Å². The van der Waals surface area contributed by atoms with Crippen LogP contribution < -0.4 is 0 Å². The van der Waals surface area contributed by atoms with E-state index in [4.69, 9.17) is 19.1 Å². The summed E-state index contributed by atoms with van der Waals surface area (Å²) in [6.07, 6.45) is 6.62. The van der Waals surface area contributed by atoms with Crippen molar-refractivity contribution >= 4 is 12.1 Å². The van der Waals surface area contributed by atoms with Crippen molar-refractivity contribution in [2.45, 2.75) is 32.3 Å². The second-order valence-electron chi connectivity index (χ2n) is 6.00. The summed E-state index contributed by atoms with van der Waals surface area (Å²) in [5, 5.41) is 0. The van der Waals surface area contributed by atoms with Gasteiger partial charge in [0.05, 0.1) is 12.5 Å². The highest BCUT2D eigenvalue weighted by Gasteiger charge is 2.61. The Bertz CT molecular complexity index is 430. The summed E-state index contributed by atoms with van der Waals surface area (Å²) in [4.78, 5) is 28.4. The highest BCUT2D eigenvalue weighted by atomic mass is 16.6. The van der Waals surface area contributed by atoms with Gasteiger partial charge in [-0.25, -0.2) is 0 Å². The van der Waals surface area contributed by atoms with E-state index in [9.17, 15) is 4.79 Å². The van der Waals surface area contributed by atoms with Gasteiger partial charge in [0.2, 0.25) is 0 Å². The van der Waals surface area contributed by atoms with E-state index in [1.807, 2.05) is 6.08 Å². The molecule has 0 aromatic heterocycles. The molecule has 3 aliphatic rings.